The first-order valence-corrected chi connectivity index (χ1v) is 2.37. The minimum atomic E-state index is -1.72. The second-order valence-corrected chi connectivity index (χ2v) is 1.63. The fraction of sp³-hybridized carbons (Fsp3) is 0.800. The molecule has 5 heteroatoms. The van der Waals surface area contributed by atoms with E-state index in [1.54, 1.807) is 0 Å². The molecule has 0 bridgehead atoms. The maximum Gasteiger partial charge on any atom is 0.360 e. The fourth-order valence-electron chi connectivity index (χ4n) is 0.244. The summed E-state index contributed by atoms with van der Waals surface area (Å²) >= 11 is 0. The fourth-order valence-corrected chi connectivity index (χ4v) is 0.244. The van der Waals surface area contributed by atoms with Crippen molar-refractivity contribution in [2.24, 2.45) is 0 Å². The molecular formula is C5H10F2O3. The van der Waals surface area contributed by atoms with Gasteiger partial charge in [0.05, 0.1) is 0 Å². The molecule has 3 nitrogen and oxygen atoms in total. The Kier molecular flexibility index (Phi) is 5.22. The van der Waals surface area contributed by atoms with Gasteiger partial charge in [-0.1, -0.05) is 0 Å². The molecule has 0 aliphatic carbocycles. The third-order valence-electron chi connectivity index (χ3n) is 1.14. The lowest BCUT2D eigenvalue weighted by molar-refractivity contribution is -0.209. The van der Waals surface area contributed by atoms with Crippen molar-refractivity contribution in [2.75, 3.05) is 14.2 Å². The van der Waals surface area contributed by atoms with Crippen molar-refractivity contribution < 1.29 is 23.4 Å². The Morgan fingerprint density at radius 3 is 1.70 bits per heavy atom. The normalized spacial score (nSPS) is 10.4. The summed E-state index contributed by atoms with van der Waals surface area (Å²) < 4.78 is 20.7. The smallest absolute Gasteiger partial charge is 0.345 e. The Labute approximate surface area is 57.5 Å². The van der Waals surface area contributed by atoms with Crippen LogP contribution in [0.3, 0.4) is 0 Å². The molecule has 0 aromatic rings. The topological polar surface area (TPSA) is 35.5 Å². The molecule has 0 radical (unpaired) electrons. The average Bonchev–Trinajstić information content (AvgIpc) is 1.86. The van der Waals surface area contributed by atoms with Gasteiger partial charge in [-0.2, -0.15) is 4.39 Å². The number of methoxy groups -OCH3 is 2. The summed E-state index contributed by atoms with van der Waals surface area (Å²) in [6.45, 7) is 1.20. The van der Waals surface area contributed by atoms with Crippen LogP contribution >= 0.6 is 0 Å². The number of rotatable bonds is 3. The molecule has 0 unspecified atom stereocenters. The van der Waals surface area contributed by atoms with Crippen LogP contribution < -0.4 is 0 Å². The van der Waals surface area contributed by atoms with Gasteiger partial charge in [0.2, 0.25) is 0 Å². The lowest BCUT2D eigenvalue weighted by Gasteiger charge is -2.19. The zero-order valence-corrected chi connectivity index (χ0v) is 6.01. The molecular weight excluding hydrogens is 146 g/mol. The van der Waals surface area contributed by atoms with Crippen molar-refractivity contribution in [1.82, 2.24) is 0 Å². The van der Waals surface area contributed by atoms with Gasteiger partial charge < -0.3 is 9.47 Å². The second-order valence-electron chi connectivity index (χ2n) is 1.63. The van der Waals surface area contributed by atoms with Crippen LogP contribution in [0.2, 0.25) is 0 Å². The molecule has 0 aromatic carbocycles. The van der Waals surface area contributed by atoms with Gasteiger partial charge in [-0.25, -0.2) is 0 Å². The molecule has 0 rings (SSSR count). The highest BCUT2D eigenvalue weighted by Crippen LogP contribution is 2.10. The van der Waals surface area contributed by atoms with Gasteiger partial charge in [0.1, 0.15) is 0 Å². The minimum Gasteiger partial charge on any atom is -0.345 e. The van der Waals surface area contributed by atoms with Crippen LogP contribution in [0.1, 0.15) is 6.92 Å². The predicted molar refractivity (Wildman–Crippen MR) is 31.0 cm³/mol. The summed E-state index contributed by atoms with van der Waals surface area (Å²) in [5.74, 6) is -1.72. The van der Waals surface area contributed by atoms with Crippen LogP contribution in [0, 0.1) is 0 Å². The Bertz CT molecular complexity index is 111. The molecule has 10 heavy (non-hydrogen) atoms. The Hall–Kier alpha value is -0.550. The van der Waals surface area contributed by atoms with Crippen molar-refractivity contribution in [3.8, 4) is 0 Å². The van der Waals surface area contributed by atoms with Crippen LogP contribution in [0.4, 0.5) is 9.09 Å². The van der Waals surface area contributed by atoms with Gasteiger partial charge in [-0.3, -0.25) is 9.50 Å². The summed E-state index contributed by atoms with van der Waals surface area (Å²) in [4.78, 5) is 10.0. The first-order valence-electron chi connectivity index (χ1n) is 2.37. The zero-order valence-electron chi connectivity index (χ0n) is 6.01. The van der Waals surface area contributed by atoms with Crippen LogP contribution in [0.5, 0.6) is 0 Å². The minimum absolute atomic E-state index is 0. The van der Waals surface area contributed by atoms with E-state index >= 15 is 0 Å². The third kappa shape index (κ3) is 2.36. The van der Waals surface area contributed by atoms with E-state index < -0.39 is 11.8 Å². The Balaban J connectivity index is 0. The van der Waals surface area contributed by atoms with Crippen LogP contribution in [0.25, 0.3) is 0 Å². The molecule has 0 spiro atoms. The molecule has 0 saturated carbocycles. The molecule has 62 valence electrons. The summed E-state index contributed by atoms with van der Waals surface area (Å²) in [7, 11) is 2.39. The number of carbonyl (C=O) groups is 1. The number of halogens is 2. The maximum atomic E-state index is 11.9. The summed E-state index contributed by atoms with van der Waals surface area (Å²) in [5, 5.41) is 0. The van der Waals surface area contributed by atoms with Crippen molar-refractivity contribution in [2.45, 2.75) is 12.7 Å². The van der Waals surface area contributed by atoms with Crippen LogP contribution in [-0.4, -0.2) is 26.0 Å². The first-order chi connectivity index (χ1) is 4.06. The van der Waals surface area contributed by atoms with Crippen molar-refractivity contribution in [1.29, 1.82) is 0 Å². The highest BCUT2D eigenvalue weighted by molar-refractivity contribution is 5.75. The molecule has 0 N–H and O–H groups in total. The van der Waals surface area contributed by atoms with Crippen LogP contribution in [-0.2, 0) is 14.3 Å². The van der Waals surface area contributed by atoms with Gasteiger partial charge in [0.15, 0.2) is 0 Å². The van der Waals surface area contributed by atoms with Crippen molar-refractivity contribution in [3.63, 3.8) is 0 Å². The second kappa shape index (κ2) is 4.29. The molecule has 0 aromatic heterocycles. The van der Waals surface area contributed by atoms with Gasteiger partial charge in [-0.05, 0) is 0 Å². The van der Waals surface area contributed by atoms with E-state index in [9.17, 15) is 9.18 Å². The number of carbonyl (C=O) groups excluding carboxylic acids is 1. The molecule has 0 atom stereocenters. The average molecular weight is 156 g/mol. The van der Waals surface area contributed by atoms with E-state index in [0.29, 0.717) is 0 Å². The first kappa shape index (κ1) is 12.2. The largest absolute Gasteiger partial charge is 0.360 e. The maximum absolute atomic E-state index is 11.9. The Morgan fingerprint density at radius 1 is 1.40 bits per heavy atom. The summed E-state index contributed by atoms with van der Waals surface area (Å²) in [5.41, 5.74) is 0. The lowest BCUT2D eigenvalue weighted by Crippen LogP contribution is -2.36. The number of hydrogen-bond donors (Lipinski definition) is 0. The lowest BCUT2D eigenvalue weighted by atomic mass is 10.3. The van der Waals surface area contributed by atoms with Crippen molar-refractivity contribution in [3.05, 3.63) is 0 Å². The molecule has 0 amide bonds. The van der Waals surface area contributed by atoms with E-state index in [4.69, 9.17) is 0 Å². The highest BCUT2D eigenvalue weighted by atomic mass is 19.1. The number of hydrogen-bond acceptors (Lipinski definition) is 3. The van der Waals surface area contributed by atoms with E-state index in [1.165, 1.54) is 21.1 Å². The molecule has 0 saturated heterocycles. The Morgan fingerprint density at radius 2 is 1.70 bits per heavy atom. The van der Waals surface area contributed by atoms with E-state index in [2.05, 4.69) is 9.47 Å². The molecule has 0 aliphatic rings. The molecule has 0 heterocycles. The quantitative estimate of drug-likeness (QED) is 0.444. The SMILES string of the molecule is COC(C)(OC)C(=O)F.F. The van der Waals surface area contributed by atoms with Crippen LogP contribution in [0.15, 0.2) is 0 Å². The van der Waals surface area contributed by atoms with Gasteiger partial charge in [-0.15, -0.1) is 0 Å². The van der Waals surface area contributed by atoms with Gasteiger partial charge in [0, 0.05) is 21.1 Å². The summed E-state index contributed by atoms with van der Waals surface area (Å²) in [6, 6.07) is -1.63. The van der Waals surface area contributed by atoms with Gasteiger partial charge in [0.25, 0.3) is 5.79 Å². The predicted octanol–water partition coefficient (Wildman–Crippen LogP) is 0.644. The standard InChI is InChI=1S/C5H9FO3.FH/c1-5(8-2,9-3)4(6)7;/h1-3H3;1H. The van der Waals surface area contributed by atoms with E-state index in [0.717, 1.165) is 0 Å². The van der Waals surface area contributed by atoms with E-state index in [1.807, 2.05) is 0 Å². The molecule has 0 fully saturated rings. The monoisotopic (exact) mass is 156 g/mol. The van der Waals surface area contributed by atoms with Crippen molar-refractivity contribution >= 4 is 6.04 Å². The molecule has 0 aliphatic heterocycles. The highest BCUT2D eigenvalue weighted by Gasteiger charge is 2.32. The third-order valence-corrected chi connectivity index (χ3v) is 1.14. The number of ether oxygens (including phenoxy) is 2. The summed E-state index contributed by atoms with van der Waals surface area (Å²) in [6.07, 6.45) is 0. The zero-order chi connectivity index (χ0) is 7.49. The van der Waals surface area contributed by atoms with Gasteiger partial charge >= 0.3 is 6.04 Å². The van der Waals surface area contributed by atoms with E-state index in [-0.39, 0.29) is 4.70 Å².